The summed E-state index contributed by atoms with van der Waals surface area (Å²) >= 11 is 0. The molecule has 2 aliphatic carbocycles. The van der Waals surface area contributed by atoms with Crippen molar-refractivity contribution in [3.8, 4) is 0 Å². The second-order valence-corrected chi connectivity index (χ2v) is 7.14. The van der Waals surface area contributed by atoms with Crippen molar-refractivity contribution in [3.63, 3.8) is 0 Å². The van der Waals surface area contributed by atoms with Crippen LogP contribution in [0.25, 0.3) is 0 Å². The number of aliphatic hydroxyl groups is 1. The van der Waals surface area contributed by atoms with Crippen LogP contribution in [0.4, 0.5) is 0 Å². The Balaban J connectivity index is 2.12. The summed E-state index contributed by atoms with van der Waals surface area (Å²) in [6.45, 7) is 4.62. The summed E-state index contributed by atoms with van der Waals surface area (Å²) in [5.41, 5.74) is 0.136. The van der Waals surface area contributed by atoms with Gasteiger partial charge in [-0.2, -0.15) is 0 Å². The summed E-state index contributed by atoms with van der Waals surface area (Å²) in [6.07, 6.45) is 4.63. The number of ether oxygens (including phenoxy) is 1. The summed E-state index contributed by atoms with van der Waals surface area (Å²) in [4.78, 5) is 23.7. The van der Waals surface area contributed by atoms with E-state index in [0.717, 1.165) is 19.3 Å². The number of carbonyl (C=O) groups excluding carboxylic acids is 2. The van der Waals surface area contributed by atoms with Gasteiger partial charge in [0, 0.05) is 25.4 Å². The molecule has 0 heterocycles. The van der Waals surface area contributed by atoms with E-state index in [2.05, 4.69) is 13.8 Å². The fourth-order valence-corrected chi connectivity index (χ4v) is 4.93. The summed E-state index contributed by atoms with van der Waals surface area (Å²) in [6, 6.07) is 0. The van der Waals surface area contributed by atoms with Crippen molar-refractivity contribution in [2.75, 3.05) is 13.7 Å². The van der Waals surface area contributed by atoms with E-state index in [1.165, 1.54) is 7.11 Å². The minimum Gasteiger partial charge on any atom is -0.469 e. The largest absolute Gasteiger partial charge is 0.469 e. The number of rotatable bonds is 5. The van der Waals surface area contributed by atoms with Crippen LogP contribution >= 0.6 is 0 Å². The van der Waals surface area contributed by atoms with Crippen LogP contribution in [-0.2, 0) is 14.3 Å². The molecule has 120 valence electrons. The van der Waals surface area contributed by atoms with E-state index in [1.54, 1.807) is 0 Å². The van der Waals surface area contributed by atoms with Gasteiger partial charge in [-0.1, -0.05) is 13.8 Å². The molecule has 2 fully saturated rings. The molecule has 1 unspecified atom stereocenters. The number of carbonyl (C=O) groups is 2. The lowest BCUT2D eigenvalue weighted by Crippen LogP contribution is -2.43. The normalized spacial score (nSPS) is 37.1. The molecule has 0 aromatic heterocycles. The van der Waals surface area contributed by atoms with Gasteiger partial charge in [-0.3, -0.25) is 9.59 Å². The van der Waals surface area contributed by atoms with E-state index in [0.29, 0.717) is 36.9 Å². The Morgan fingerprint density at radius 2 is 2.19 bits per heavy atom. The van der Waals surface area contributed by atoms with E-state index < -0.39 is 0 Å². The molecule has 0 amide bonds. The number of esters is 1. The van der Waals surface area contributed by atoms with Crippen molar-refractivity contribution in [1.82, 2.24) is 0 Å². The highest BCUT2D eigenvalue weighted by Crippen LogP contribution is 2.59. The van der Waals surface area contributed by atoms with Gasteiger partial charge >= 0.3 is 5.97 Å². The van der Waals surface area contributed by atoms with E-state index in [1.807, 2.05) is 0 Å². The highest BCUT2D eigenvalue weighted by Gasteiger charge is 2.54. The third-order valence-corrected chi connectivity index (χ3v) is 6.15. The summed E-state index contributed by atoms with van der Waals surface area (Å²) in [5.74, 6) is 1.23. The highest BCUT2D eigenvalue weighted by molar-refractivity contribution is 5.83. The lowest BCUT2D eigenvalue weighted by molar-refractivity contribution is -0.142. The molecular formula is C17H28O4. The minimum absolute atomic E-state index is 0.00116. The predicted molar refractivity (Wildman–Crippen MR) is 79.6 cm³/mol. The Labute approximate surface area is 127 Å². The number of Topliss-reactive ketones (excluding diaryl/α,β-unsaturated/α-hetero) is 1. The van der Waals surface area contributed by atoms with Gasteiger partial charge in [-0.05, 0) is 48.9 Å². The van der Waals surface area contributed by atoms with Crippen molar-refractivity contribution < 1.29 is 19.4 Å². The molecule has 2 rings (SSSR count). The average molecular weight is 296 g/mol. The Morgan fingerprint density at radius 1 is 1.48 bits per heavy atom. The molecule has 5 atom stereocenters. The summed E-state index contributed by atoms with van der Waals surface area (Å²) in [5, 5.41) is 9.50. The molecule has 0 spiro atoms. The van der Waals surface area contributed by atoms with Crippen LogP contribution in [-0.4, -0.2) is 30.6 Å². The molecule has 0 aliphatic heterocycles. The third-order valence-electron chi connectivity index (χ3n) is 6.15. The van der Waals surface area contributed by atoms with Crippen LogP contribution in [0.15, 0.2) is 0 Å². The first kappa shape index (κ1) is 16.5. The standard InChI is InChI=1S/C17H28O4/c1-11(10-18)13-5-6-14-12(4-7-16(20)21-3)15(19)8-9-17(13,14)2/h11-14,18H,4-10H2,1-3H3/t11?,12-,13-,14-,17+/m1/s1. The number of aliphatic hydroxyl groups excluding tert-OH is 1. The van der Waals surface area contributed by atoms with E-state index >= 15 is 0 Å². The van der Waals surface area contributed by atoms with Crippen molar-refractivity contribution >= 4 is 11.8 Å². The monoisotopic (exact) mass is 296 g/mol. The van der Waals surface area contributed by atoms with E-state index in [-0.39, 0.29) is 29.8 Å². The SMILES string of the molecule is COC(=O)CC[C@H]1C(=O)CC[C@@]2(C)[C@@H](C(C)CO)CC[C@H]12. The molecule has 0 aromatic rings. The molecule has 21 heavy (non-hydrogen) atoms. The second kappa shape index (κ2) is 6.47. The Morgan fingerprint density at radius 3 is 2.81 bits per heavy atom. The minimum atomic E-state index is -0.228. The maximum atomic E-state index is 12.3. The topological polar surface area (TPSA) is 63.6 Å². The Hall–Kier alpha value is -0.900. The molecule has 1 N–H and O–H groups in total. The fraction of sp³-hybridized carbons (Fsp3) is 0.882. The highest BCUT2D eigenvalue weighted by atomic mass is 16.5. The van der Waals surface area contributed by atoms with E-state index in [4.69, 9.17) is 4.74 Å². The Kier molecular flexibility index (Phi) is 5.07. The van der Waals surface area contributed by atoms with Gasteiger partial charge in [0.25, 0.3) is 0 Å². The number of hydrogen-bond donors (Lipinski definition) is 1. The maximum Gasteiger partial charge on any atom is 0.305 e. The molecule has 2 aliphatic rings. The van der Waals surface area contributed by atoms with Gasteiger partial charge in [0.1, 0.15) is 5.78 Å². The molecule has 4 nitrogen and oxygen atoms in total. The van der Waals surface area contributed by atoms with Crippen LogP contribution in [0, 0.1) is 29.1 Å². The zero-order chi connectivity index (χ0) is 15.6. The smallest absolute Gasteiger partial charge is 0.305 e. The first-order valence-electron chi connectivity index (χ1n) is 8.14. The van der Waals surface area contributed by atoms with Gasteiger partial charge in [0.05, 0.1) is 7.11 Å². The third kappa shape index (κ3) is 3.01. The first-order chi connectivity index (χ1) is 9.93. The molecule has 2 saturated carbocycles. The number of hydrogen-bond acceptors (Lipinski definition) is 4. The van der Waals surface area contributed by atoms with Crippen LogP contribution in [0.2, 0.25) is 0 Å². The lowest BCUT2D eigenvalue weighted by atomic mass is 9.58. The van der Waals surface area contributed by atoms with Gasteiger partial charge in [-0.25, -0.2) is 0 Å². The average Bonchev–Trinajstić information content (AvgIpc) is 2.83. The number of ketones is 1. The first-order valence-corrected chi connectivity index (χ1v) is 8.14. The molecular weight excluding hydrogens is 268 g/mol. The number of fused-ring (bicyclic) bond motifs is 1. The molecule has 0 saturated heterocycles. The van der Waals surface area contributed by atoms with Crippen LogP contribution in [0.1, 0.15) is 52.4 Å². The van der Waals surface area contributed by atoms with Gasteiger partial charge in [0.15, 0.2) is 0 Å². The lowest BCUT2D eigenvalue weighted by Gasteiger charge is -2.45. The second-order valence-electron chi connectivity index (χ2n) is 7.14. The molecule has 4 heteroatoms. The Bertz CT molecular complexity index is 406. The molecule has 0 aromatic carbocycles. The predicted octanol–water partition coefficient (Wildman–Crippen LogP) is 2.58. The summed E-state index contributed by atoms with van der Waals surface area (Å²) < 4.78 is 4.71. The van der Waals surface area contributed by atoms with Gasteiger partial charge in [0.2, 0.25) is 0 Å². The van der Waals surface area contributed by atoms with Crippen LogP contribution in [0.5, 0.6) is 0 Å². The number of methoxy groups -OCH3 is 1. The molecule has 0 radical (unpaired) electrons. The zero-order valence-electron chi connectivity index (χ0n) is 13.4. The van der Waals surface area contributed by atoms with Gasteiger partial charge in [-0.15, -0.1) is 0 Å². The summed E-state index contributed by atoms with van der Waals surface area (Å²) in [7, 11) is 1.39. The fourth-order valence-electron chi connectivity index (χ4n) is 4.93. The maximum absolute atomic E-state index is 12.3. The van der Waals surface area contributed by atoms with Gasteiger partial charge < -0.3 is 9.84 Å². The molecule has 0 bridgehead atoms. The van der Waals surface area contributed by atoms with Crippen LogP contribution in [0.3, 0.4) is 0 Å². The van der Waals surface area contributed by atoms with Crippen molar-refractivity contribution in [3.05, 3.63) is 0 Å². The zero-order valence-corrected chi connectivity index (χ0v) is 13.4. The van der Waals surface area contributed by atoms with Crippen molar-refractivity contribution in [1.29, 1.82) is 0 Å². The van der Waals surface area contributed by atoms with Crippen molar-refractivity contribution in [2.45, 2.75) is 52.4 Å². The van der Waals surface area contributed by atoms with Crippen LogP contribution < -0.4 is 0 Å². The van der Waals surface area contributed by atoms with Crippen molar-refractivity contribution in [2.24, 2.45) is 29.1 Å². The van der Waals surface area contributed by atoms with E-state index in [9.17, 15) is 14.7 Å². The quantitative estimate of drug-likeness (QED) is 0.792.